The summed E-state index contributed by atoms with van der Waals surface area (Å²) < 4.78 is 5.72. The highest BCUT2D eigenvalue weighted by Gasteiger charge is 2.49. The van der Waals surface area contributed by atoms with Crippen LogP contribution in [-0.2, 0) is 4.74 Å². The molecule has 0 saturated heterocycles. The van der Waals surface area contributed by atoms with Crippen molar-refractivity contribution in [1.82, 2.24) is 0 Å². The highest BCUT2D eigenvalue weighted by atomic mass is 16.6. The lowest BCUT2D eigenvalue weighted by atomic mass is 9.77. The average molecular weight is 313 g/mol. The van der Waals surface area contributed by atoms with Crippen LogP contribution in [0.15, 0.2) is 36.4 Å². The fourth-order valence-corrected chi connectivity index (χ4v) is 4.78. The molecule has 5 atom stereocenters. The van der Waals surface area contributed by atoms with Crippen LogP contribution in [0, 0.1) is 33.8 Å². The Morgan fingerprint density at radius 1 is 1.09 bits per heavy atom. The molecule has 0 amide bonds. The van der Waals surface area contributed by atoms with Crippen LogP contribution in [0.1, 0.15) is 36.0 Å². The fourth-order valence-electron chi connectivity index (χ4n) is 4.78. The smallest absolute Gasteiger partial charge is 0.338 e. The first-order chi connectivity index (χ1) is 11.1. The van der Waals surface area contributed by atoms with Crippen molar-refractivity contribution >= 4 is 11.7 Å². The van der Waals surface area contributed by atoms with Crippen LogP contribution >= 0.6 is 0 Å². The number of hydrogen-bond donors (Lipinski definition) is 0. The minimum Gasteiger partial charge on any atom is -0.454 e. The number of nitro groups is 1. The number of rotatable bonds is 3. The quantitative estimate of drug-likeness (QED) is 0.369. The SMILES string of the molecule is O=C(O[C@H]1C=C[C@@H]2CC[C@@H]3CC[C@@H]1[C@@H]32)c1ccc([N+](=O)[O-])cc1. The predicted octanol–water partition coefficient (Wildman–Crippen LogP) is 3.74. The Balaban J connectivity index is 1.48. The van der Waals surface area contributed by atoms with Crippen LogP contribution in [0.4, 0.5) is 5.69 Å². The molecule has 1 aromatic rings. The van der Waals surface area contributed by atoms with Gasteiger partial charge in [-0.1, -0.05) is 6.08 Å². The largest absolute Gasteiger partial charge is 0.454 e. The third-order valence-electron chi connectivity index (χ3n) is 5.80. The standard InChI is InChI=1S/C18H19NO4/c20-18(13-3-7-14(8-4-13)19(21)22)23-16-10-6-12-2-1-11-5-9-15(16)17(11)12/h3-4,6-8,10-12,15-17H,1-2,5,9H2/t11-,12+,15+,16+,17+/m1/s1. The van der Waals surface area contributed by atoms with E-state index in [9.17, 15) is 14.9 Å². The van der Waals surface area contributed by atoms with E-state index in [1.165, 1.54) is 43.5 Å². The van der Waals surface area contributed by atoms with E-state index in [0.717, 1.165) is 12.3 Å². The first kappa shape index (κ1) is 14.4. The minimum atomic E-state index is -0.474. The molecule has 0 unspecified atom stereocenters. The molecule has 0 aromatic heterocycles. The lowest BCUT2D eigenvalue weighted by Crippen LogP contribution is -2.34. The molecule has 120 valence electrons. The van der Waals surface area contributed by atoms with Gasteiger partial charge in [-0.2, -0.15) is 0 Å². The van der Waals surface area contributed by atoms with Gasteiger partial charge in [-0.15, -0.1) is 0 Å². The van der Waals surface area contributed by atoms with E-state index in [1.54, 1.807) is 0 Å². The number of allylic oxidation sites excluding steroid dienone is 1. The first-order valence-corrected chi connectivity index (χ1v) is 8.27. The molecule has 3 aliphatic rings. The van der Waals surface area contributed by atoms with E-state index < -0.39 is 10.9 Å². The van der Waals surface area contributed by atoms with Gasteiger partial charge in [0.2, 0.25) is 0 Å². The van der Waals surface area contributed by atoms with Crippen LogP contribution in [-0.4, -0.2) is 17.0 Å². The summed E-state index contributed by atoms with van der Waals surface area (Å²) in [5.41, 5.74) is 0.346. The van der Waals surface area contributed by atoms with Gasteiger partial charge in [0.05, 0.1) is 10.5 Å². The van der Waals surface area contributed by atoms with Crippen LogP contribution < -0.4 is 0 Å². The van der Waals surface area contributed by atoms with E-state index in [-0.39, 0.29) is 11.8 Å². The molecule has 0 radical (unpaired) electrons. The highest BCUT2D eigenvalue weighted by molar-refractivity contribution is 5.89. The Bertz CT molecular complexity index is 666. The molecule has 2 fully saturated rings. The molecule has 1 aromatic carbocycles. The number of nitro benzene ring substituents is 1. The topological polar surface area (TPSA) is 69.4 Å². The Kier molecular flexibility index (Phi) is 3.43. The summed E-state index contributed by atoms with van der Waals surface area (Å²) in [6.07, 6.45) is 9.10. The van der Waals surface area contributed by atoms with Crippen molar-refractivity contribution in [3.8, 4) is 0 Å². The summed E-state index contributed by atoms with van der Waals surface area (Å²) in [6, 6.07) is 5.60. The first-order valence-electron chi connectivity index (χ1n) is 8.27. The number of benzene rings is 1. The maximum atomic E-state index is 12.3. The molecule has 0 heterocycles. The summed E-state index contributed by atoms with van der Waals surface area (Å²) in [4.78, 5) is 22.5. The zero-order chi connectivity index (χ0) is 16.0. The minimum absolute atomic E-state index is 0.0217. The van der Waals surface area contributed by atoms with Crippen molar-refractivity contribution in [2.45, 2.75) is 31.8 Å². The van der Waals surface area contributed by atoms with Gasteiger partial charge in [-0.05, 0) is 61.6 Å². The van der Waals surface area contributed by atoms with Gasteiger partial charge in [0.25, 0.3) is 5.69 Å². The molecule has 23 heavy (non-hydrogen) atoms. The fraction of sp³-hybridized carbons (Fsp3) is 0.500. The molecule has 0 bridgehead atoms. The summed E-state index contributed by atoms with van der Waals surface area (Å²) in [5.74, 6) is 2.20. The number of esters is 1. The van der Waals surface area contributed by atoms with E-state index in [4.69, 9.17) is 4.74 Å². The molecular formula is C18H19NO4. The second-order valence-corrected chi connectivity index (χ2v) is 6.88. The summed E-state index contributed by atoms with van der Waals surface area (Å²) in [7, 11) is 0. The van der Waals surface area contributed by atoms with Gasteiger partial charge in [0.1, 0.15) is 6.10 Å². The number of ether oxygens (including phenoxy) is 1. The highest BCUT2D eigenvalue weighted by Crippen LogP contribution is 2.54. The Morgan fingerprint density at radius 2 is 1.83 bits per heavy atom. The van der Waals surface area contributed by atoms with Gasteiger partial charge in [-0.25, -0.2) is 4.79 Å². The van der Waals surface area contributed by atoms with Crippen molar-refractivity contribution in [2.75, 3.05) is 0 Å². The third-order valence-corrected chi connectivity index (χ3v) is 5.80. The van der Waals surface area contributed by atoms with Crippen molar-refractivity contribution in [1.29, 1.82) is 0 Å². The number of non-ortho nitro benzene ring substituents is 1. The van der Waals surface area contributed by atoms with Gasteiger partial charge in [-0.3, -0.25) is 10.1 Å². The molecule has 0 spiro atoms. The van der Waals surface area contributed by atoms with E-state index >= 15 is 0 Å². The Morgan fingerprint density at radius 3 is 2.57 bits per heavy atom. The number of hydrogen-bond acceptors (Lipinski definition) is 4. The third kappa shape index (κ3) is 2.44. The second kappa shape index (κ2) is 5.48. The number of carbonyl (C=O) groups excluding carboxylic acids is 1. The van der Waals surface area contributed by atoms with Crippen LogP contribution in [0.3, 0.4) is 0 Å². The van der Waals surface area contributed by atoms with Crippen molar-refractivity contribution in [3.05, 3.63) is 52.1 Å². The van der Waals surface area contributed by atoms with E-state index in [0.29, 0.717) is 23.3 Å². The van der Waals surface area contributed by atoms with Crippen molar-refractivity contribution in [2.24, 2.45) is 23.7 Å². The molecule has 0 aliphatic heterocycles. The molecular weight excluding hydrogens is 294 g/mol. The van der Waals surface area contributed by atoms with Crippen molar-refractivity contribution < 1.29 is 14.5 Å². The summed E-state index contributed by atoms with van der Waals surface area (Å²) in [6.45, 7) is 0. The van der Waals surface area contributed by atoms with Crippen LogP contribution in [0.2, 0.25) is 0 Å². The lowest BCUT2D eigenvalue weighted by Gasteiger charge is -2.33. The monoisotopic (exact) mass is 313 g/mol. The maximum Gasteiger partial charge on any atom is 0.338 e. The van der Waals surface area contributed by atoms with E-state index in [1.807, 2.05) is 0 Å². The summed E-state index contributed by atoms with van der Waals surface area (Å²) >= 11 is 0. The lowest BCUT2D eigenvalue weighted by molar-refractivity contribution is -0.384. The van der Waals surface area contributed by atoms with E-state index in [2.05, 4.69) is 12.2 Å². The molecule has 0 N–H and O–H groups in total. The van der Waals surface area contributed by atoms with Gasteiger partial charge < -0.3 is 4.74 Å². The summed E-state index contributed by atoms with van der Waals surface area (Å²) in [5, 5.41) is 10.7. The maximum absolute atomic E-state index is 12.3. The number of nitrogens with zero attached hydrogens (tertiary/aromatic N) is 1. The molecule has 5 nitrogen and oxygen atoms in total. The van der Waals surface area contributed by atoms with Crippen LogP contribution in [0.5, 0.6) is 0 Å². The second-order valence-electron chi connectivity index (χ2n) is 6.88. The van der Waals surface area contributed by atoms with Gasteiger partial charge >= 0.3 is 5.97 Å². The molecule has 3 aliphatic carbocycles. The average Bonchev–Trinajstić information content (AvgIpc) is 3.16. The Hall–Kier alpha value is -2.17. The zero-order valence-corrected chi connectivity index (χ0v) is 12.8. The Labute approximate surface area is 134 Å². The normalized spacial score (nSPS) is 34.2. The van der Waals surface area contributed by atoms with Gasteiger partial charge in [0.15, 0.2) is 0 Å². The zero-order valence-electron chi connectivity index (χ0n) is 12.8. The number of carbonyl (C=O) groups is 1. The molecule has 5 heteroatoms. The van der Waals surface area contributed by atoms with Crippen LogP contribution in [0.25, 0.3) is 0 Å². The molecule has 4 rings (SSSR count). The predicted molar refractivity (Wildman–Crippen MR) is 83.9 cm³/mol. The molecule has 2 saturated carbocycles. The van der Waals surface area contributed by atoms with Gasteiger partial charge in [0, 0.05) is 18.1 Å². The van der Waals surface area contributed by atoms with Crippen molar-refractivity contribution in [3.63, 3.8) is 0 Å².